The van der Waals surface area contributed by atoms with E-state index in [4.69, 9.17) is 5.73 Å². The number of methoxy groups -OCH3 is 1. The fourth-order valence-corrected chi connectivity index (χ4v) is 2.37. The minimum absolute atomic E-state index is 0.322. The zero-order chi connectivity index (χ0) is 13.3. The summed E-state index contributed by atoms with van der Waals surface area (Å²) < 4.78 is 31.5. The summed E-state index contributed by atoms with van der Waals surface area (Å²) in [6, 6.07) is 2.49. The minimum atomic E-state index is -1.17. The molecule has 1 fully saturated rings. The maximum atomic E-state index is 13.5. The van der Waals surface area contributed by atoms with Crippen LogP contribution in [0.25, 0.3) is 0 Å². The van der Waals surface area contributed by atoms with E-state index < -0.39 is 17.6 Å². The van der Waals surface area contributed by atoms with Gasteiger partial charge in [0.25, 0.3) is 0 Å². The number of ether oxygens (including phenoxy) is 1. The number of nitrogens with two attached hydrogens (primary N) is 1. The molecule has 0 aliphatic heterocycles. The first-order valence-electron chi connectivity index (χ1n) is 5.82. The van der Waals surface area contributed by atoms with Crippen molar-refractivity contribution in [1.29, 1.82) is 0 Å². The van der Waals surface area contributed by atoms with Crippen LogP contribution < -0.4 is 5.73 Å². The fourth-order valence-electron chi connectivity index (χ4n) is 2.37. The monoisotopic (exact) mass is 255 g/mol. The molecule has 1 saturated carbocycles. The van der Waals surface area contributed by atoms with E-state index in [2.05, 4.69) is 4.74 Å². The Balaban J connectivity index is 2.50. The largest absolute Gasteiger partial charge is 0.465 e. The van der Waals surface area contributed by atoms with Crippen molar-refractivity contribution in [1.82, 2.24) is 0 Å². The van der Waals surface area contributed by atoms with Crippen molar-refractivity contribution in [2.24, 2.45) is 5.73 Å². The molecule has 0 unspecified atom stereocenters. The highest BCUT2D eigenvalue weighted by molar-refractivity contribution is 5.90. The molecular weight excluding hydrogens is 240 g/mol. The summed E-state index contributed by atoms with van der Waals surface area (Å²) in [5.74, 6) is -3.08. The van der Waals surface area contributed by atoms with E-state index in [1.807, 2.05) is 0 Å². The predicted molar refractivity (Wildman–Crippen MR) is 62.3 cm³/mol. The van der Waals surface area contributed by atoms with Crippen LogP contribution >= 0.6 is 0 Å². The maximum Gasteiger partial charge on any atom is 0.340 e. The summed E-state index contributed by atoms with van der Waals surface area (Å²) >= 11 is 0. The third-order valence-corrected chi connectivity index (χ3v) is 3.75. The van der Waals surface area contributed by atoms with Crippen molar-refractivity contribution in [3.8, 4) is 0 Å². The molecule has 0 radical (unpaired) electrons. The van der Waals surface area contributed by atoms with Gasteiger partial charge in [-0.2, -0.15) is 0 Å². The SMILES string of the molecule is COC(=O)c1cc(C2(CN)CCC2)cc(F)c1F. The molecule has 2 rings (SSSR count). The predicted octanol–water partition coefficient (Wildman–Crippen LogP) is 2.13. The van der Waals surface area contributed by atoms with E-state index in [0.29, 0.717) is 12.1 Å². The molecular formula is C13H15F2NO2. The van der Waals surface area contributed by atoms with Crippen molar-refractivity contribution in [3.63, 3.8) is 0 Å². The zero-order valence-corrected chi connectivity index (χ0v) is 10.1. The van der Waals surface area contributed by atoms with Gasteiger partial charge in [-0.3, -0.25) is 0 Å². The summed E-state index contributed by atoms with van der Waals surface area (Å²) in [6.45, 7) is 0.360. The van der Waals surface area contributed by atoms with E-state index in [1.165, 1.54) is 6.07 Å². The molecule has 2 N–H and O–H groups in total. The van der Waals surface area contributed by atoms with Gasteiger partial charge in [0.05, 0.1) is 12.7 Å². The first-order chi connectivity index (χ1) is 8.54. The summed E-state index contributed by atoms with van der Waals surface area (Å²) in [5.41, 5.74) is 5.60. The quantitative estimate of drug-likeness (QED) is 0.842. The minimum Gasteiger partial charge on any atom is -0.465 e. The van der Waals surface area contributed by atoms with Crippen LogP contribution in [0.5, 0.6) is 0 Å². The van der Waals surface area contributed by atoms with E-state index in [9.17, 15) is 13.6 Å². The second kappa shape index (κ2) is 4.65. The van der Waals surface area contributed by atoms with Gasteiger partial charge in [-0.25, -0.2) is 13.6 Å². The Hall–Kier alpha value is -1.49. The van der Waals surface area contributed by atoms with Crippen LogP contribution in [0.4, 0.5) is 8.78 Å². The van der Waals surface area contributed by atoms with Crippen LogP contribution in [0.3, 0.4) is 0 Å². The number of esters is 1. The molecule has 0 bridgehead atoms. The van der Waals surface area contributed by atoms with Crippen LogP contribution in [-0.4, -0.2) is 19.6 Å². The van der Waals surface area contributed by atoms with Gasteiger partial charge in [-0.05, 0) is 30.5 Å². The van der Waals surface area contributed by atoms with E-state index in [0.717, 1.165) is 32.4 Å². The van der Waals surface area contributed by atoms with Gasteiger partial charge in [0.2, 0.25) is 0 Å². The van der Waals surface area contributed by atoms with Crippen molar-refractivity contribution < 1.29 is 18.3 Å². The Morgan fingerprint density at radius 2 is 2.11 bits per heavy atom. The molecule has 1 aromatic carbocycles. The van der Waals surface area contributed by atoms with Gasteiger partial charge in [-0.1, -0.05) is 6.42 Å². The van der Waals surface area contributed by atoms with Gasteiger partial charge in [0.15, 0.2) is 11.6 Å². The van der Waals surface area contributed by atoms with E-state index in [-0.39, 0.29) is 11.0 Å². The number of hydrogen-bond donors (Lipinski definition) is 1. The summed E-state index contributed by atoms with van der Waals surface area (Å²) in [5, 5.41) is 0. The van der Waals surface area contributed by atoms with Crippen LogP contribution in [0.2, 0.25) is 0 Å². The fraction of sp³-hybridized carbons (Fsp3) is 0.462. The number of carbonyl (C=O) groups excluding carboxylic acids is 1. The first kappa shape index (κ1) is 13.0. The summed E-state index contributed by atoms with van der Waals surface area (Å²) in [6.07, 6.45) is 2.66. The molecule has 98 valence electrons. The average molecular weight is 255 g/mol. The molecule has 0 saturated heterocycles. The molecule has 5 heteroatoms. The Morgan fingerprint density at radius 1 is 1.44 bits per heavy atom. The van der Waals surface area contributed by atoms with Crippen molar-refractivity contribution >= 4 is 5.97 Å². The zero-order valence-electron chi connectivity index (χ0n) is 10.1. The van der Waals surface area contributed by atoms with Gasteiger partial charge < -0.3 is 10.5 Å². The van der Waals surface area contributed by atoms with Gasteiger partial charge >= 0.3 is 5.97 Å². The Kier molecular flexibility index (Phi) is 3.34. The van der Waals surface area contributed by atoms with Crippen molar-refractivity contribution in [2.75, 3.05) is 13.7 Å². The van der Waals surface area contributed by atoms with Crippen LogP contribution in [-0.2, 0) is 10.2 Å². The highest BCUT2D eigenvalue weighted by Crippen LogP contribution is 2.43. The lowest BCUT2D eigenvalue weighted by Crippen LogP contribution is -2.41. The van der Waals surface area contributed by atoms with Gasteiger partial charge in [0.1, 0.15) is 0 Å². The van der Waals surface area contributed by atoms with Gasteiger partial charge in [0, 0.05) is 12.0 Å². The lowest BCUT2D eigenvalue weighted by atomic mass is 9.64. The summed E-state index contributed by atoms with van der Waals surface area (Å²) in [7, 11) is 1.13. The van der Waals surface area contributed by atoms with Crippen molar-refractivity contribution in [3.05, 3.63) is 34.9 Å². The lowest BCUT2D eigenvalue weighted by molar-refractivity contribution is 0.0593. The Labute approximate surface area is 104 Å². The van der Waals surface area contributed by atoms with Crippen molar-refractivity contribution in [2.45, 2.75) is 24.7 Å². The Morgan fingerprint density at radius 3 is 2.56 bits per heavy atom. The number of carbonyl (C=O) groups is 1. The molecule has 0 aromatic heterocycles. The highest BCUT2D eigenvalue weighted by Gasteiger charge is 2.38. The second-order valence-electron chi connectivity index (χ2n) is 4.65. The molecule has 1 aliphatic rings. The number of benzene rings is 1. The van der Waals surface area contributed by atoms with E-state index in [1.54, 1.807) is 0 Å². The number of hydrogen-bond acceptors (Lipinski definition) is 3. The van der Waals surface area contributed by atoms with Crippen LogP contribution in [0.15, 0.2) is 12.1 Å². The molecule has 0 spiro atoms. The second-order valence-corrected chi connectivity index (χ2v) is 4.65. The molecule has 1 aliphatic carbocycles. The van der Waals surface area contributed by atoms with Crippen LogP contribution in [0, 0.1) is 11.6 Å². The maximum absolute atomic E-state index is 13.5. The molecule has 0 heterocycles. The molecule has 18 heavy (non-hydrogen) atoms. The molecule has 1 aromatic rings. The third kappa shape index (κ3) is 1.88. The smallest absolute Gasteiger partial charge is 0.340 e. The molecule has 0 atom stereocenters. The summed E-state index contributed by atoms with van der Waals surface area (Å²) in [4.78, 5) is 11.4. The highest BCUT2D eigenvalue weighted by atomic mass is 19.2. The Bertz CT molecular complexity index is 479. The normalized spacial score (nSPS) is 17.1. The third-order valence-electron chi connectivity index (χ3n) is 3.75. The number of rotatable bonds is 3. The van der Waals surface area contributed by atoms with E-state index >= 15 is 0 Å². The topological polar surface area (TPSA) is 52.3 Å². The average Bonchev–Trinajstić information content (AvgIpc) is 2.31. The molecule has 3 nitrogen and oxygen atoms in total. The first-order valence-corrected chi connectivity index (χ1v) is 5.82. The van der Waals surface area contributed by atoms with Crippen LogP contribution in [0.1, 0.15) is 35.2 Å². The van der Waals surface area contributed by atoms with Gasteiger partial charge in [-0.15, -0.1) is 0 Å². The standard InChI is InChI=1S/C13H15F2NO2/c1-18-12(17)9-5-8(6-10(14)11(9)15)13(7-16)3-2-4-13/h5-6H,2-4,7,16H2,1H3. The lowest BCUT2D eigenvalue weighted by Gasteiger charge is -2.41. The number of halogens is 2. The molecule has 0 amide bonds.